The van der Waals surface area contributed by atoms with Crippen LogP contribution in [0.2, 0.25) is 0 Å². The van der Waals surface area contributed by atoms with E-state index in [4.69, 9.17) is 0 Å². The predicted octanol–water partition coefficient (Wildman–Crippen LogP) is 2.85. The van der Waals surface area contributed by atoms with Gasteiger partial charge in [-0.15, -0.1) is 11.8 Å². The van der Waals surface area contributed by atoms with Crippen LogP contribution in [-0.4, -0.2) is 26.3 Å². The van der Waals surface area contributed by atoms with Crippen LogP contribution in [0, 0.1) is 11.8 Å². The minimum absolute atomic E-state index is 0.123. The molecule has 0 bridgehead atoms. The summed E-state index contributed by atoms with van der Waals surface area (Å²) in [5.74, 6) is -0.277. The van der Waals surface area contributed by atoms with E-state index in [2.05, 4.69) is 16.9 Å². The number of hydrogen-bond acceptors (Lipinski definition) is 4. The quantitative estimate of drug-likeness (QED) is 0.908. The number of carboxylic acids is 1. The van der Waals surface area contributed by atoms with E-state index in [1.165, 1.54) is 0 Å². The average molecular weight is 266 g/mol. The first-order chi connectivity index (χ1) is 8.70. The van der Waals surface area contributed by atoms with Crippen LogP contribution >= 0.6 is 11.8 Å². The fourth-order valence-corrected chi connectivity index (χ4v) is 3.84. The molecule has 1 aromatic rings. The second kappa shape index (κ2) is 6.18. The molecule has 1 N–H and O–H groups in total. The Kier molecular flexibility index (Phi) is 4.58. The lowest BCUT2D eigenvalue weighted by Crippen LogP contribution is -2.32. The van der Waals surface area contributed by atoms with Crippen LogP contribution in [0.4, 0.5) is 0 Å². The summed E-state index contributed by atoms with van der Waals surface area (Å²) in [6, 6.07) is 0. The van der Waals surface area contributed by atoms with Gasteiger partial charge in [-0.3, -0.25) is 9.78 Å². The Bertz CT molecular complexity index is 399. The summed E-state index contributed by atoms with van der Waals surface area (Å²) in [7, 11) is 0. The third-order valence-electron chi connectivity index (χ3n) is 3.61. The van der Waals surface area contributed by atoms with E-state index in [0.717, 1.165) is 30.7 Å². The molecule has 3 unspecified atom stereocenters. The fraction of sp³-hybridized carbons (Fsp3) is 0.615. The minimum Gasteiger partial charge on any atom is -0.481 e. The van der Waals surface area contributed by atoms with Crippen molar-refractivity contribution < 1.29 is 9.90 Å². The van der Waals surface area contributed by atoms with Crippen molar-refractivity contribution in [3.05, 3.63) is 18.6 Å². The largest absolute Gasteiger partial charge is 0.481 e. The van der Waals surface area contributed by atoms with E-state index in [1.807, 2.05) is 0 Å². The van der Waals surface area contributed by atoms with Crippen molar-refractivity contribution in [2.45, 2.75) is 42.9 Å². The summed E-state index contributed by atoms with van der Waals surface area (Å²) in [6.45, 7) is 2.18. The molecule has 1 saturated carbocycles. The van der Waals surface area contributed by atoms with Gasteiger partial charge in [-0.2, -0.15) is 0 Å². The normalized spacial score (nSPS) is 27.9. The molecule has 0 aliphatic heterocycles. The summed E-state index contributed by atoms with van der Waals surface area (Å²) in [5.41, 5.74) is 0. The smallest absolute Gasteiger partial charge is 0.307 e. The van der Waals surface area contributed by atoms with Gasteiger partial charge in [-0.25, -0.2) is 4.98 Å². The molecular weight excluding hydrogens is 248 g/mol. The zero-order chi connectivity index (χ0) is 13.0. The second-order valence-electron chi connectivity index (χ2n) is 4.73. The maximum absolute atomic E-state index is 11.3. The van der Waals surface area contributed by atoms with Crippen molar-refractivity contribution >= 4 is 17.7 Å². The molecule has 1 aliphatic rings. The van der Waals surface area contributed by atoms with Gasteiger partial charge in [-0.05, 0) is 25.2 Å². The first kappa shape index (κ1) is 13.3. The van der Waals surface area contributed by atoms with Crippen LogP contribution in [-0.2, 0) is 4.79 Å². The van der Waals surface area contributed by atoms with Crippen LogP contribution in [0.25, 0.3) is 0 Å². The number of nitrogens with zero attached hydrogens (tertiary/aromatic N) is 2. The lowest BCUT2D eigenvalue weighted by atomic mass is 9.80. The molecule has 5 heteroatoms. The number of rotatable bonds is 4. The standard InChI is InChI=1S/C13H18N2O2S/c1-2-9-3-4-10(13(16)17)11(7-9)18-12-8-14-5-6-15-12/h5-6,8-11H,2-4,7H2,1H3,(H,16,17). The molecule has 0 saturated heterocycles. The second-order valence-corrected chi connectivity index (χ2v) is 5.99. The van der Waals surface area contributed by atoms with E-state index in [-0.39, 0.29) is 11.2 Å². The molecular formula is C13H18N2O2S. The summed E-state index contributed by atoms with van der Waals surface area (Å²) >= 11 is 1.57. The molecule has 1 heterocycles. The fourth-order valence-electron chi connectivity index (χ4n) is 2.50. The summed E-state index contributed by atoms with van der Waals surface area (Å²) in [6.07, 6.45) is 8.90. The van der Waals surface area contributed by atoms with E-state index in [9.17, 15) is 9.90 Å². The molecule has 0 amide bonds. The summed E-state index contributed by atoms with van der Waals surface area (Å²) < 4.78 is 0. The highest BCUT2D eigenvalue weighted by atomic mass is 32.2. The highest BCUT2D eigenvalue weighted by Gasteiger charge is 2.35. The molecule has 0 aromatic carbocycles. The van der Waals surface area contributed by atoms with Gasteiger partial charge in [0, 0.05) is 17.6 Å². The number of hydrogen-bond donors (Lipinski definition) is 1. The van der Waals surface area contributed by atoms with Crippen molar-refractivity contribution in [2.75, 3.05) is 0 Å². The maximum Gasteiger partial charge on any atom is 0.307 e. The van der Waals surface area contributed by atoms with Gasteiger partial charge in [0.1, 0.15) is 5.03 Å². The minimum atomic E-state index is -0.675. The summed E-state index contributed by atoms with van der Waals surface area (Å²) in [4.78, 5) is 19.6. The zero-order valence-electron chi connectivity index (χ0n) is 10.5. The van der Waals surface area contributed by atoms with E-state index >= 15 is 0 Å². The molecule has 1 aromatic heterocycles. The van der Waals surface area contributed by atoms with Crippen LogP contribution < -0.4 is 0 Å². The van der Waals surface area contributed by atoms with E-state index < -0.39 is 5.97 Å². The Labute approximate surface area is 111 Å². The van der Waals surface area contributed by atoms with E-state index in [1.54, 1.807) is 30.4 Å². The Morgan fingerprint density at radius 2 is 2.33 bits per heavy atom. The lowest BCUT2D eigenvalue weighted by molar-refractivity contribution is -0.142. The number of thioether (sulfide) groups is 1. The van der Waals surface area contributed by atoms with Crippen LogP contribution in [0.1, 0.15) is 32.6 Å². The first-order valence-electron chi connectivity index (χ1n) is 6.36. The van der Waals surface area contributed by atoms with Crippen LogP contribution in [0.5, 0.6) is 0 Å². The molecule has 0 spiro atoms. The maximum atomic E-state index is 11.3. The molecule has 2 rings (SSSR count). The first-order valence-corrected chi connectivity index (χ1v) is 7.24. The zero-order valence-corrected chi connectivity index (χ0v) is 11.3. The highest BCUT2D eigenvalue weighted by Crippen LogP contribution is 2.40. The third kappa shape index (κ3) is 3.22. The van der Waals surface area contributed by atoms with Gasteiger partial charge in [0.15, 0.2) is 0 Å². The topological polar surface area (TPSA) is 63.1 Å². The molecule has 18 heavy (non-hydrogen) atoms. The third-order valence-corrected chi connectivity index (χ3v) is 4.88. The van der Waals surface area contributed by atoms with Crippen molar-refractivity contribution in [1.29, 1.82) is 0 Å². The van der Waals surface area contributed by atoms with Gasteiger partial charge in [-0.1, -0.05) is 13.3 Å². The molecule has 98 valence electrons. The van der Waals surface area contributed by atoms with Gasteiger partial charge in [0.05, 0.1) is 12.1 Å². The number of carboxylic acid groups (broad SMARTS) is 1. The van der Waals surface area contributed by atoms with Crippen molar-refractivity contribution in [1.82, 2.24) is 9.97 Å². The predicted molar refractivity (Wildman–Crippen MR) is 70.4 cm³/mol. The number of carbonyl (C=O) groups is 1. The monoisotopic (exact) mass is 266 g/mol. The van der Waals surface area contributed by atoms with E-state index in [0.29, 0.717) is 5.92 Å². The van der Waals surface area contributed by atoms with Crippen LogP contribution in [0.3, 0.4) is 0 Å². The van der Waals surface area contributed by atoms with Gasteiger partial charge < -0.3 is 5.11 Å². The molecule has 3 atom stereocenters. The Hall–Kier alpha value is -1.10. The molecule has 4 nitrogen and oxygen atoms in total. The molecule has 1 fully saturated rings. The van der Waals surface area contributed by atoms with Crippen molar-refractivity contribution in [3.8, 4) is 0 Å². The van der Waals surface area contributed by atoms with Crippen molar-refractivity contribution in [2.24, 2.45) is 11.8 Å². The summed E-state index contributed by atoms with van der Waals surface area (Å²) in [5, 5.41) is 10.2. The Balaban J connectivity index is 2.07. The van der Waals surface area contributed by atoms with Crippen molar-refractivity contribution in [3.63, 3.8) is 0 Å². The van der Waals surface area contributed by atoms with Crippen LogP contribution in [0.15, 0.2) is 23.6 Å². The van der Waals surface area contributed by atoms with Gasteiger partial charge in [0.2, 0.25) is 0 Å². The molecule has 0 radical (unpaired) electrons. The average Bonchev–Trinajstić information content (AvgIpc) is 2.39. The lowest BCUT2D eigenvalue weighted by Gasteiger charge is -2.32. The SMILES string of the molecule is CCC1CCC(C(=O)O)C(Sc2cnccn2)C1. The Morgan fingerprint density at radius 1 is 1.50 bits per heavy atom. The molecule has 1 aliphatic carbocycles. The van der Waals surface area contributed by atoms with Gasteiger partial charge in [0.25, 0.3) is 0 Å². The number of aromatic nitrogens is 2. The highest BCUT2D eigenvalue weighted by molar-refractivity contribution is 7.99. The number of aliphatic carboxylic acids is 1. The Morgan fingerprint density at radius 3 is 2.94 bits per heavy atom. The van der Waals surface area contributed by atoms with Gasteiger partial charge >= 0.3 is 5.97 Å².